The van der Waals surface area contributed by atoms with Crippen LogP contribution in [0.15, 0.2) is 36.4 Å². The Morgan fingerprint density at radius 2 is 1.86 bits per heavy atom. The molecule has 156 valence electrons. The van der Waals surface area contributed by atoms with E-state index in [1.54, 1.807) is 36.2 Å². The Morgan fingerprint density at radius 1 is 1.21 bits per heavy atom. The zero-order chi connectivity index (χ0) is 21.0. The van der Waals surface area contributed by atoms with Crippen molar-refractivity contribution in [3.63, 3.8) is 0 Å². The van der Waals surface area contributed by atoms with E-state index in [-0.39, 0.29) is 17.8 Å². The zero-order valence-electron chi connectivity index (χ0n) is 16.3. The highest BCUT2D eigenvalue weighted by Crippen LogP contribution is 2.34. The van der Waals surface area contributed by atoms with Crippen LogP contribution in [0.1, 0.15) is 41.2 Å². The number of ether oxygens (including phenoxy) is 1. The number of nitrogens with one attached hydrogen (secondary N) is 2. The van der Waals surface area contributed by atoms with Crippen LogP contribution >= 0.6 is 23.2 Å². The molecule has 1 aliphatic heterocycles. The topological polar surface area (TPSA) is 53.6 Å². The molecule has 0 radical (unpaired) electrons. The molecule has 5 nitrogen and oxygen atoms in total. The highest BCUT2D eigenvalue weighted by molar-refractivity contribution is 6.37. The molecule has 3 rings (SSSR count). The molecule has 2 N–H and O–H groups in total. The van der Waals surface area contributed by atoms with Gasteiger partial charge in [-0.1, -0.05) is 35.3 Å². The number of methoxy groups -OCH3 is 1. The van der Waals surface area contributed by atoms with Crippen molar-refractivity contribution in [2.45, 2.75) is 31.3 Å². The fourth-order valence-electron chi connectivity index (χ4n) is 3.50. The molecule has 0 bridgehead atoms. The van der Waals surface area contributed by atoms with E-state index in [1.165, 1.54) is 19.2 Å². The largest absolute Gasteiger partial charge is 0.494 e. The van der Waals surface area contributed by atoms with Crippen LogP contribution in [0.2, 0.25) is 10.0 Å². The highest BCUT2D eigenvalue weighted by Gasteiger charge is 2.25. The molecule has 1 fully saturated rings. The molecule has 2 unspecified atom stereocenters. The second-order valence-corrected chi connectivity index (χ2v) is 7.98. The summed E-state index contributed by atoms with van der Waals surface area (Å²) in [6.07, 6.45) is 2.66. The predicted molar refractivity (Wildman–Crippen MR) is 113 cm³/mol. The lowest BCUT2D eigenvalue weighted by Gasteiger charge is -2.19. The van der Waals surface area contributed by atoms with Gasteiger partial charge in [0, 0.05) is 31.2 Å². The van der Waals surface area contributed by atoms with Gasteiger partial charge in [0.2, 0.25) is 0 Å². The molecule has 2 atom stereocenters. The molecule has 2 aromatic rings. The molecule has 0 spiro atoms. The van der Waals surface area contributed by atoms with E-state index < -0.39 is 0 Å². The van der Waals surface area contributed by atoms with Gasteiger partial charge in [-0.05, 0) is 49.1 Å². The number of benzene rings is 2. The summed E-state index contributed by atoms with van der Waals surface area (Å²) < 4.78 is 18.2. The molecule has 2 aromatic carbocycles. The lowest BCUT2D eigenvalue weighted by Crippen LogP contribution is -2.32. The van der Waals surface area contributed by atoms with Gasteiger partial charge in [0.05, 0.1) is 17.2 Å². The first-order valence-corrected chi connectivity index (χ1v) is 10.2. The first-order valence-electron chi connectivity index (χ1n) is 9.44. The summed E-state index contributed by atoms with van der Waals surface area (Å²) in [6, 6.07) is 10.1. The number of halogens is 3. The molecule has 8 heteroatoms. The first-order chi connectivity index (χ1) is 13.9. The van der Waals surface area contributed by atoms with Crippen molar-refractivity contribution in [3.05, 3.63) is 63.4 Å². The summed E-state index contributed by atoms with van der Waals surface area (Å²) in [4.78, 5) is 14.3. The first kappa shape index (κ1) is 21.8. The Hall–Kier alpha value is -1.86. The third kappa shape index (κ3) is 5.39. The number of carbonyl (C=O) groups excluding carboxylic acids is 1. The van der Waals surface area contributed by atoms with Crippen molar-refractivity contribution < 1.29 is 13.9 Å². The quantitative estimate of drug-likeness (QED) is 0.661. The van der Waals surface area contributed by atoms with Crippen LogP contribution in [0, 0.1) is 5.82 Å². The summed E-state index contributed by atoms with van der Waals surface area (Å²) in [5, 5.41) is 0.620. The van der Waals surface area contributed by atoms with Crippen molar-refractivity contribution >= 4 is 29.1 Å². The molecule has 0 aliphatic carbocycles. The van der Waals surface area contributed by atoms with Gasteiger partial charge in [0.1, 0.15) is 5.82 Å². The van der Waals surface area contributed by atoms with Crippen molar-refractivity contribution in [1.82, 2.24) is 15.8 Å². The van der Waals surface area contributed by atoms with Gasteiger partial charge in [-0.2, -0.15) is 0 Å². The number of nitrogens with zero attached hydrogens (tertiary/aromatic N) is 1. The van der Waals surface area contributed by atoms with Crippen LogP contribution < -0.4 is 15.6 Å². The third-order valence-electron chi connectivity index (χ3n) is 5.10. The minimum Gasteiger partial charge on any atom is -0.494 e. The minimum absolute atomic E-state index is 0.141. The molecule has 1 saturated heterocycles. The molecule has 29 heavy (non-hydrogen) atoms. The van der Waals surface area contributed by atoms with Gasteiger partial charge in [-0.25, -0.2) is 4.39 Å². The number of hydrogen-bond donors (Lipinski definition) is 2. The number of hydrazine groups is 1. The fraction of sp³-hybridized carbons (Fsp3) is 0.381. The predicted octanol–water partition coefficient (Wildman–Crippen LogP) is 4.60. The highest BCUT2D eigenvalue weighted by atomic mass is 35.5. The summed E-state index contributed by atoms with van der Waals surface area (Å²) >= 11 is 12.3. The van der Waals surface area contributed by atoms with Crippen LogP contribution in [-0.4, -0.2) is 37.6 Å². The maximum absolute atomic E-state index is 13.1. The van der Waals surface area contributed by atoms with E-state index in [1.807, 2.05) is 0 Å². The molecular formula is C21H24Cl2FN3O2. The van der Waals surface area contributed by atoms with E-state index in [2.05, 4.69) is 10.9 Å². The van der Waals surface area contributed by atoms with Gasteiger partial charge >= 0.3 is 0 Å². The third-order valence-corrected chi connectivity index (χ3v) is 5.66. The lowest BCUT2D eigenvalue weighted by molar-refractivity contribution is 0.0791. The summed E-state index contributed by atoms with van der Waals surface area (Å²) in [5.74, 6) is -0.00963. The maximum atomic E-state index is 13.1. The van der Waals surface area contributed by atoms with Crippen molar-refractivity contribution in [2.75, 3.05) is 20.7 Å². The fourth-order valence-corrected chi connectivity index (χ4v) is 4.14. The molecule has 1 heterocycles. The normalized spacial score (nSPS) is 18.7. The monoisotopic (exact) mass is 439 g/mol. The summed E-state index contributed by atoms with van der Waals surface area (Å²) in [7, 11) is 3.24. The van der Waals surface area contributed by atoms with E-state index in [0.29, 0.717) is 33.9 Å². The van der Waals surface area contributed by atoms with E-state index in [0.717, 1.165) is 24.8 Å². The maximum Gasteiger partial charge on any atom is 0.253 e. The molecule has 0 aromatic heterocycles. The summed E-state index contributed by atoms with van der Waals surface area (Å²) in [6.45, 7) is 0.611. The Labute approximate surface area is 180 Å². The number of rotatable bonds is 7. The number of hydrogen-bond acceptors (Lipinski definition) is 4. The summed E-state index contributed by atoms with van der Waals surface area (Å²) in [5.41, 5.74) is 8.03. The van der Waals surface area contributed by atoms with Crippen LogP contribution in [0.3, 0.4) is 0 Å². The Kier molecular flexibility index (Phi) is 7.35. The van der Waals surface area contributed by atoms with Crippen LogP contribution in [0.5, 0.6) is 5.75 Å². The van der Waals surface area contributed by atoms with Crippen molar-refractivity contribution in [2.24, 2.45) is 0 Å². The number of carbonyl (C=O) groups is 1. The molecule has 1 aliphatic rings. The average Bonchev–Trinajstić information content (AvgIpc) is 3.16. The molecule has 1 amide bonds. The van der Waals surface area contributed by atoms with Gasteiger partial charge in [0.25, 0.3) is 5.91 Å². The Balaban J connectivity index is 1.48. The second kappa shape index (κ2) is 9.76. The lowest BCUT2D eigenvalue weighted by atomic mass is 9.99. The Morgan fingerprint density at radius 3 is 2.48 bits per heavy atom. The van der Waals surface area contributed by atoms with Gasteiger partial charge in [-0.3, -0.25) is 15.6 Å². The van der Waals surface area contributed by atoms with Crippen molar-refractivity contribution in [3.8, 4) is 5.75 Å². The van der Waals surface area contributed by atoms with Gasteiger partial charge in [0.15, 0.2) is 5.75 Å². The molecular weight excluding hydrogens is 416 g/mol. The minimum atomic E-state index is -0.233. The Bertz CT molecular complexity index is 840. The standard InChI is InChI=1S/C21H24Cl2FN3O2/c1-27(21(28)14-10-17(22)20(29-2)18(23)11-14)9-3-4-16-12-19(26-25-16)13-5-7-15(24)8-6-13/h5-8,10-11,16,19,25-26H,3-4,9,12H2,1-2H3. The van der Waals surface area contributed by atoms with E-state index in [9.17, 15) is 9.18 Å². The van der Waals surface area contributed by atoms with Gasteiger partial charge < -0.3 is 9.64 Å². The second-order valence-electron chi connectivity index (χ2n) is 7.17. The zero-order valence-corrected chi connectivity index (χ0v) is 17.9. The average molecular weight is 440 g/mol. The van der Waals surface area contributed by atoms with E-state index in [4.69, 9.17) is 27.9 Å². The van der Waals surface area contributed by atoms with E-state index >= 15 is 0 Å². The smallest absolute Gasteiger partial charge is 0.253 e. The van der Waals surface area contributed by atoms with Crippen molar-refractivity contribution in [1.29, 1.82) is 0 Å². The van der Waals surface area contributed by atoms with Crippen LogP contribution in [0.4, 0.5) is 4.39 Å². The SMILES string of the molecule is COc1c(Cl)cc(C(=O)N(C)CCCC2CC(c3ccc(F)cc3)NN2)cc1Cl. The van der Waals surface area contributed by atoms with Crippen LogP contribution in [-0.2, 0) is 0 Å². The molecule has 0 saturated carbocycles. The number of amides is 1. The van der Waals surface area contributed by atoms with Crippen LogP contribution in [0.25, 0.3) is 0 Å². The van der Waals surface area contributed by atoms with Gasteiger partial charge in [-0.15, -0.1) is 0 Å².